The molecule has 0 bridgehead atoms. The van der Waals surface area contributed by atoms with Crippen molar-refractivity contribution in [2.75, 3.05) is 13.2 Å². The summed E-state index contributed by atoms with van der Waals surface area (Å²) in [6.45, 7) is 2.12. The van der Waals surface area contributed by atoms with Gasteiger partial charge in [-0.05, 0) is 31.6 Å². The monoisotopic (exact) mass is 413 g/mol. The Balaban J connectivity index is 1.54. The van der Waals surface area contributed by atoms with Gasteiger partial charge < -0.3 is 9.64 Å². The van der Waals surface area contributed by atoms with Gasteiger partial charge in [0.2, 0.25) is 5.91 Å². The van der Waals surface area contributed by atoms with Crippen LogP contribution in [0.1, 0.15) is 67.2 Å². The summed E-state index contributed by atoms with van der Waals surface area (Å²) in [6, 6.07) is 0. The molecule has 2 heterocycles. The van der Waals surface area contributed by atoms with E-state index >= 15 is 0 Å². The number of nitrogens with zero attached hydrogens (tertiary/aromatic N) is 3. The van der Waals surface area contributed by atoms with E-state index in [0.29, 0.717) is 24.2 Å². The zero-order valence-electron chi connectivity index (χ0n) is 16.6. The Hall–Kier alpha value is -2.06. The van der Waals surface area contributed by atoms with Crippen LogP contribution in [0.4, 0.5) is 13.2 Å². The van der Waals surface area contributed by atoms with Gasteiger partial charge in [-0.1, -0.05) is 12.8 Å². The third kappa shape index (κ3) is 3.88. The first-order chi connectivity index (χ1) is 13.7. The minimum Gasteiger partial charge on any atom is -0.461 e. The molecule has 0 saturated heterocycles. The van der Waals surface area contributed by atoms with Gasteiger partial charge in [0, 0.05) is 43.2 Å². The molecule has 1 atom stereocenters. The van der Waals surface area contributed by atoms with E-state index in [-0.39, 0.29) is 42.6 Å². The smallest absolute Gasteiger partial charge is 0.390 e. The van der Waals surface area contributed by atoms with E-state index in [4.69, 9.17) is 4.74 Å². The lowest BCUT2D eigenvalue weighted by atomic mass is 10.00. The molecule has 0 N–H and O–H groups in total. The first kappa shape index (κ1) is 20.2. The van der Waals surface area contributed by atoms with Crippen molar-refractivity contribution in [2.24, 2.45) is 11.3 Å². The third-order valence-corrected chi connectivity index (χ3v) is 6.61. The second kappa shape index (κ2) is 7.32. The molecule has 1 aromatic rings. The lowest BCUT2D eigenvalue weighted by molar-refractivity contribution is -0.137. The first-order valence-electron chi connectivity index (χ1n) is 10.4. The van der Waals surface area contributed by atoms with Gasteiger partial charge in [0.05, 0.1) is 13.0 Å². The number of carbonyl (C=O) groups excluding carboxylic acids is 2. The van der Waals surface area contributed by atoms with Crippen LogP contribution in [0, 0.1) is 11.3 Å². The lowest BCUT2D eigenvalue weighted by Crippen LogP contribution is -2.38. The van der Waals surface area contributed by atoms with Crippen LogP contribution in [0.25, 0.3) is 0 Å². The van der Waals surface area contributed by atoms with Gasteiger partial charge in [-0.3, -0.25) is 9.48 Å². The summed E-state index contributed by atoms with van der Waals surface area (Å²) < 4.78 is 44.4. The van der Waals surface area contributed by atoms with Crippen LogP contribution in [-0.2, 0) is 29.0 Å². The van der Waals surface area contributed by atoms with Crippen molar-refractivity contribution in [3.63, 3.8) is 0 Å². The number of fused-ring (bicyclic) bond motifs is 1. The molecule has 160 valence electrons. The predicted octanol–water partition coefficient (Wildman–Crippen LogP) is 3.48. The fourth-order valence-electron chi connectivity index (χ4n) is 5.01. The number of aryl methyl sites for hydroxylation is 1. The highest BCUT2D eigenvalue weighted by Gasteiger charge is 2.59. The van der Waals surface area contributed by atoms with Gasteiger partial charge in [-0.25, -0.2) is 4.79 Å². The number of rotatable bonds is 5. The first-order valence-corrected chi connectivity index (χ1v) is 10.4. The fourth-order valence-corrected chi connectivity index (χ4v) is 5.01. The molecule has 2 aliphatic carbocycles. The molecule has 9 heteroatoms. The second-order valence-corrected chi connectivity index (χ2v) is 8.42. The summed E-state index contributed by atoms with van der Waals surface area (Å²) in [6.07, 6.45) is 0.561. The largest absolute Gasteiger partial charge is 0.461 e. The maximum absolute atomic E-state index is 13.0. The molecule has 0 aromatic carbocycles. The number of ether oxygens (including phenoxy) is 1. The topological polar surface area (TPSA) is 64.4 Å². The van der Waals surface area contributed by atoms with E-state index in [1.54, 1.807) is 11.8 Å². The van der Waals surface area contributed by atoms with Crippen molar-refractivity contribution < 1.29 is 27.5 Å². The van der Waals surface area contributed by atoms with Gasteiger partial charge in [0.1, 0.15) is 0 Å². The molecule has 1 aromatic heterocycles. The molecule has 3 aliphatic rings. The number of esters is 1. The Morgan fingerprint density at radius 3 is 2.66 bits per heavy atom. The number of hydrogen-bond acceptors (Lipinski definition) is 4. The Morgan fingerprint density at radius 2 is 2.00 bits per heavy atom. The zero-order valence-corrected chi connectivity index (χ0v) is 16.6. The SMILES string of the molecule is CCOC(=O)c1nn(CCC(F)(F)F)c2c1CN(C(=O)C1CC13CCCC3)CC2. The molecule has 1 unspecified atom stereocenters. The van der Waals surface area contributed by atoms with Gasteiger partial charge in [-0.15, -0.1) is 0 Å². The number of alkyl halides is 3. The number of hydrogen-bond donors (Lipinski definition) is 0. The molecular weight excluding hydrogens is 387 g/mol. The van der Waals surface area contributed by atoms with Crippen molar-refractivity contribution in [3.8, 4) is 0 Å². The molecule has 29 heavy (non-hydrogen) atoms. The standard InChI is InChI=1S/C20H26F3N3O3/c1-2-29-18(28)16-13-12-25(17(27)14-11-19(14)6-3-4-7-19)9-5-15(13)26(24-16)10-8-20(21,22)23/h14H,2-12H2,1H3. The van der Waals surface area contributed by atoms with Crippen LogP contribution in [0.2, 0.25) is 0 Å². The Kier molecular flexibility index (Phi) is 5.11. The number of amides is 1. The van der Waals surface area contributed by atoms with Crippen molar-refractivity contribution in [1.82, 2.24) is 14.7 Å². The Bertz CT molecular complexity index is 812. The summed E-state index contributed by atoms with van der Waals surface area (Å²) in [5.41, 5.74) is 1.35. The highest BCUT2D eigenvalue weighted by molar-refractivity contribution is 5.90. The van der Waals surface area contributed by atoms with Gasteiger partial charge >= 0.3 is 12.1 Å². The van der Waals surface area contributed by atoms with E-state index in [1.807, 2.05) is 0 Å². The van der Waals surface area contributed by atoms with Crippen LogP contribution in [0.15, 0.2) is 0 Å². The summed E-state index contributed by atoms with van der Waals surface area (Å²) in [4.78, 5) is 27.1. The van der Waals surface area contributed by atoms with Crippen LogP contribution in [0.5, 0.6) is 0 Å². The van der Waals surface area contributed by atoms with E-state index in [9.17, 15) is 22.8 Å². The van der Waals surface area contributed by atoms with E-state index < -0.39 is 18.6 Å². The van der Waals surface area contributed by atoms with Crippen LogP contribution >= 0.6 is 0 Å². The number of halogens is 3. The molecule has 4 rings (SSSR count). The molecule has 0 radical (unpaired) electrons. The van der Waals surface area contributed by atoms with E-state index in [1.165, 1.54) is 17.5 Å². The fraction of sp³-hybridized carbons (Fsp3) is 0.750. The van der Waals surface area contributed by atoms with Crippen LogP contribution in [0.3, 0.4) is 0 Å². The third-order valence-electron chi connectivity index (χ3n) is 6.61. The molecule has 2 fully saturated rings. The van der Waals surface area contributed by atoms with Crippen molar-refractivity contribution in [1.29, 1.82) is 0 Å². The molecule has 1 spiro atoms. The van der Waals surface area contributed by atoms with Crippen molar-refractivity contribution in [2.45, 2.75) is 71.1 Å². The number of carbonyl (C=O) groups is 2. The molecule has 6 nitrogen and oxygen atoms in total. The quantitative estimate of drug-likeness (QED) is 0.694. The van der Waals surface area contributed by atoms with Crippen LogP contribution < -0.4 is 0 Å². The maximum Gasteiger partial charge on any atom is 0.390 e. The predicted molar refractivity (Wildman–Crippen MR) is 97.0 cm³/mol. The summed E-state index contributed by atoms with van der Waals surface area (Å²) >= 11 is 0. The van der Waals surface area contributed by atoms with Gasteiger partial charge in [-0.2, -0.15) is 18.3 Å². The maximum atomic E-state index is 13.0. The number of aromatic nitrogens is 2. The zero-order chi connectivity index (χ0) is 20.8. The minimum atomic E-state index is -4.30. The Morgan fingerprint density at radius 1 is 1.28 bits per heavy atom. The van der Waals surface area contributed by atoms with Gasteiger partial charge in [0.25, 0.3) is 0 Å². The molecular formula is C20H26F3N3O3. The van der Waals surface area contributed by atoms with E-state index in [2.05, 4.69) is 5.10 Å². The van der Waals surface area contributed by atoms with E-state index in [0.717, 1.165) is 19.3 Å². The molecule has 1 amide bonds. The molecule has 1 aliphatic heterocycles. The highest BCUT2D eigenvalue weighted by atomic mass is 19.4. The molecule has 2 saturated carbocycles. The summed E-state index contributed by atoms with van der Waals surface area (Å²) in [7, 11) is 0. The summed E-state index contributed by atoms with van der Waals surface area (Å²) in [5, 5.41) is 4.14. The average molecular weight is 413 g/mol. The Labute approximate surface area is 167 Å². The average Bonchev–Trinajstić information content (AvgIpc) is 2.99. The normalized spacial score (nSPS) is 22.6. The highest BCUT2D eigenvalue weighted by Crippen LogP contribution is 2.63. The second-order valence-electron chi connectivity index (χ2n) is 8.42. The van der Waals surface area contributed by atoms with Crippen LogP contribution in [-0.4, -0.2) is 45.9 Å². The van der Waals surface area contributed by atoms with Gasteiger partial charge in [0.15, 0.2) is 5.69 Å². The van der Waals surface area contributed by atoms with Crippen molar-refractivity contribution >= 4 is 11.9 Å². The summed E-state index contributed by atoms with van der Waals surface area (Å²) in [5.74, 6) is -0.490. The van der Waals surface area contributed by atoms with Crippen molar-refractivity contribution in [3.05, 3.63) is 17.0 Å². The minimum absolute atomic E-state index is 0.0351. The lowest BCUT2D eigenvalue weighted by Gasteiger charge is -2.28.